The van der Waals surface area contributed by atoms with Crippen molar-refractivity contribution >= 4 is 5.97 Å². The molecule has 0 unspecified atom stereocenters. The average molecular weight is 174 g/mol. The van der Waals surface area contributed by atoms with Gasteiger partial charge in [-0.3, -0.25) is 10.6 Å². The lowest BCUT2D eigenvalue weighted by molar-refractivity contribution is -0.155. The number of nitrogens with two attached hydrogens (primary N) is 1. The molecule has 0 aliphatic rings. The summed E-state index contributed by atoms with van der Waals surface area (Å²) in [7, 11) is 1.71. The Hall–Kier alpha value is -0.610. The second-order valence-electron chi connectivity index (χ2n) is 3.82. The van der Waals surface area contributed by atoms with Crippen molar-refractivity contribution in [3.05, 3.63) is 0 Å². The smallest absolute Gasteiger partial charge is 0.307 e. The maximum absolute atomic E-state index is 11.1. The van der Waals surface area contributed by atoms with Crippen molar-refractivity contribution in [1.82, 2.24) is 5.01 Å². The highest BCUT2D eigenvalue weighted by atomic mass is 16.6. The number of nitrogens with zero attached hydrogens (tertiary/aromatic N) is 1. The van der Waals surface area contributed by atoms with E-state index in [2.05, 4.69) is 0 Å². The molecule has 2 N–H and O–H groups in total. The molecule has 4 nitrogen and oxygen atoms in total. The molecule has 0 radical (unpaired) electrons. The lowest BCUT2D eigenvalue weighted by atomic mass is 10.2. The summed E-state index contributed by atoms with van der Waals surface area (Å²) in [5.41, 5.74) is -0.399. The molecule has 0 bridgehead atoms. The van der Waals surface area contributed by atoms with Crippen LogP contribution >= 0.6 is 0 Å². The summed E-state index contributed by atoms with van der Waals surface area (Å²) in [6, 6.07) is 0. The van der Waals surface area contributed by atoms with E-state index in [1.165, 1.54) is 5.01 Å². The Kier molecular flexibility index (Phi) is 4.20. The van der Waals surface area contributed by atoms with Gasteiger partial charge in [0.15, 0.2) is 0 Å². The first kappa shape index (κ1) is 11.4. The normalized spacial score (nSPS) is 11.8. The van der Waals surface area contributed by atoms with Gasteiger partial charge in [0.2, 0.25) is 0 Å². The fourth-order valence-electron chi connectivity index (χ4n) is 0.660. The van der Waals surface area contributed by atoms with Crippen LogP contribution in [0.4, 0.5) is 0 Å². The molecule has 0 amide bonds. The van der Waals surface area contributed by atoms with E-state index in [1.54, 1.807) is 7.05 Å². The van der Waals surface area contributed by atoms with Crippen molar-refractivity contribution in [3.63, 3.8) is 0 Å². The van der Waals surface area contributed by atoms with Crippen molar-refractivity contribution in [3.8, 4) is 0 Å². The van der Waals surface area contributed by atoms with Gasteiger partial charge >= 0.3 is 5.97 Å². The van der Waals surface area contributed by atoms with E-state index in [4.69, 9.17) is 10.6 Å². The molecule has 0 saturated carbocycles. The predicted octanol–water partition coefficient (Wildman–Crippen LogP) is 0.524. The van der Waals surface area contributed by atoms with Crippen LogP contribution in [0.25, 0.3) is 0 Å². The van der Waals surface area contributed by atoms with Crippen LogP contribution < -0.4 is 5.84 Å². The molecule has 0 aliphatic carbocycles. The van der Waals surface area contributed by atoms with E-state index in [0.29, 0.717) is 13.0 Å². The van der Waals surface area contributed by atoms with Crippen LogP contribution in [0.1, 0.15) is 27.2 Å². The molecular formula is C8H18N2O2. The molecule has 0 aromatic heterocycles. The van der Waals surface area contributed by atoms with E-state index in [0.717, 1.165) is 0 Å². The third-order valence-electron chi connectivity index (χ3n) is 1.09. The number of hydrogen-bond acceptors (Lipinski definition) is 4. The van der Waals surface area contributed by atoms with E-state index in [-0.39, 0.29) is 5.97 Å². The molecular weight excluding hydrogens is 156 g/mol. The molecule has 4 heteroatoms. The predicted molar refractivity (Wildman–Crippen MR) is 47.3 cm³/mol. The van der Waals surface area contributed by atoms with Crippen LogP contribution in [0.5, 0.6) is 0 Å². The molecule has 0 aromatic carbocycles. The first-order valence-corrected chi connectivity index (χ1v) is 3.99. The maximum atomic E-state index is 11.1. The van der Waals surface area contributed by atoms with Gasteiger partial charge in [-0.25, -0.2) is 5.01 Å². The Labute approximate surface area is 73.6 Å². The third-order valence-corrected chi connectivity index (χ3v) is 1.09. The van der Waals surface area contributed by atoms with E-state index >= 15 is 0 Å². The molecule has 0 aliphatic heterocycles. The summed E-state index contributed by atoms with van der Waals surface area (Å²) >= 11 is 0. The average Bonchev–Trinajstić information content (AvgIpc) is 1.79. The van der Waals surface area contributed by atoms with Crippen LogP contribution in [0.3, 0.4) is 0 Å². The number of ether oxygens (including phenoxy) is 1. The number of esters is 1. The van der Waals surface area contributed by atoms with Crippen molar-refractivity contribution in [1.29, 1.82) is 0 Å². The SMILES string of the molecule is CN(N)CCC(=O)OC(C)(C)C. The molecule has 0 aromatic rings. The highest BCUT2D eigenvalue weighted by molar-refractivity contribution is 5.70. The Morgan fingerprint density at radius 3 is 2.33 bits per heavy atom. The van der Waals surface area contributed by atoms with Gasteiger partial charge in [0, 0.05) is 13.6 Å². The van der Waals surface area contributed by atoms with Crippen LogP contribution in [-0.2, 0) is 9.53 Å². The van der Waals surface area contributed by atoms with Crippen molar-refractivity contribution in [2.45, 2.75) is 32.8 Å². The Balaban J connectivity index is 3.61. The summed E-state index contributed by atoms with van der Waals surface area (Å²) in [5, 5.41) is 1.46. The van der Waals surface area contributed by atoms with Gasteiger partial charge in [0.1, 0.15) is 5.60 Å². The van der Waals surface area contributed by atoms with Crippen molar-refractivity contribution in [2.24, 2.45) is 5.84 Å². The second kappa shape index (κ2) is 4.42. The maximum Gasteiger partial charge on any atom is 0.307 e. The minimum Gasteiger partial charge on any atom is -0.460 e. The Morgan fingerprint density at radius 2 is 2.00 bits per heavy atom. The first-order valence-electron chi connectivity index (χ1n) is 3.99. The number of hydrazine groups is 1. The van der Waals surface area contributed by atoms with Gasteiger partial charge in [0.05, 0.1) is 6.42 Å². The Bertz CT molecular complexity index is 150. The summed E-state index contributed by atoms with van der Waals surface area (Å²) in [5.74, 6) is 5.12. The topological polar surface area (TPSA) is 55.6 Å². The monoisotopic (exact) mass is 174 g/mol. The molecule has 0 rings (SSSR count). The van der Waals surface area contributed by atoms with Gasteiger partial charge in [-0.1, -0.05) is 0 Å². The van der Waals surface area contributed by atoms with Gasteiger partial charge in [-0.05, 0) is 20.8 Å². The van der Waals surface area contributed by atoms with Gasteiger partial charge in [0.25, 0.3) is 0 Å². The fourth-order valence-corrected chi connectivity index (χ4v) is 0.660. The molecule has 0 fully saturated rings. The van der Waals surface area contributed by atoms with Crippen LogP contribution in [0, 0.1) is 0 Å². The number of rotatable bonds is 3. The van der Waals surface area contributed by atoms with E-state index in [1.807, 2.05) is 20.8 Å². The molecule has 0 heterocycles. The third kappa shape index (κ3) is 7.50. The molecule has 0 spiro atoms. The number of hydrogen-bond donors (Lipinski definition) is 1. The summed E-state index contributed by atoms with van der Waals surface area (Å²) < 4.78 is 5.07. The van der Waals surface area contributed by atoms with Crippen LogP contribution in [0.15, 0.2) is 0 Å². The zero-order valence-electron chi connectivity index (χ0n) is 8.26. The van der Waals surface area contributed by atoms with Crippen molar-refractivity contribution < 1.29 is 9.53 Å². The van der Waals surface area contributed by atoms with Crippen LogP contribution in [0.2, 0.25) is 0 Å². The van der Waals surface area contributed by atoms with Gasteiger partial charge in [-0.15, -0.1) is 0 Å². The quantitative estimate of drug-likeness (QED) is 0.385. The van der Waals surface area contributed by atoms with E-state index in [9.17, 15) is 4.79 Å². The highest BCUT2D eigenvalue weighted by Crippen LogP contribution is 2.07. The summed E-state index contributed by atoms with van der Waals surface area (Å²) in [4.78, 5) is 11.1. The van der Waals surface area contributed by atoms with Crippen LogP contribution in [-0.4, -0.2) is 30.2 Å². The largest absolute Gasteiger partial charge is 0.460 e. The molecule has 0 saturated heterocycles. The fraction of sp³-hybridized carbons (Fsp3) is 0.875. The second-order valence-corrected chi connectivity index (χ2v) is 3.82. The molecule has 12 heavy (non-hydrogen) atoms. The minimum atomic E-state index is -0.399. The van der Waals surface area contributed by atoms with E-state index < -0.39 is 5.60 Å². The van der Waals surface area contributed by atoms with Gasteiger partial charge in [-0.2, -0.15) is 0 Å². The standard InChI is InChI=1S/C8H18N2O2/c1-8(2,3)12-7(11)5-6-10(4)9/h5-6,9H2,1-4H3. The number of carbonyl (C=O) groups is 1. The molecule has 0 atom stereocenters. The first-order chi connectivity index (χ1) is 5.31. The lowest BCUT2D eigenvalue weighted by Crippen LogP contribution is -2.31. The number of carbonyl (C=O) groups excluding carboxylic acids is 1. The highest BCUT2D eigenvalue weighted by Gasteiger charge is 2.15. The summed E-state index contributed by atoms with van der Waals surface area (Å²) in [6.07, 6.45) is 0.338. The lowest BCUT2D eigenvalue weighted by Gasteiger charge is -2.20. The van der Waals surface area contributed by atoms with Gasteiger partial charge < -0.3 is 4.74 Å². The molecule has 72 valence electrons. The minimum absolute atomic E-state index is 0.209. The zero-order chi connectivity index (χ0) is 9.78. The summed E-state index contributed by atoms with van der Waals surface area (Å²) in [6.45, 7) is 6.06. The Morgan fingerprint density at radius 1 is 1.50 bits per heavy atom. The van der Waals surface area contributed by atoms with Crippen molar-refractivity contribution in [2.75, 3.05) is 13.6 Å². The zero-order valence-corrected chi connectivity index (χ0v) is 8.26.